The third-order valence-corrected chi connectivity index (χ3v) is 5.84. The normalized spacial score (nSPS) is 13.7. The summed E-state index contributed by atoms with van der Waals surface area (Å²) in [5.41, 5.74) is -1.12. The Morgan fingerprint density at radius 3 is 2.42 bits per heavy atom. The molecule has 0 saturated heterocycles. The number of amides is 1. The zero-order valence-electron chi connectivity index (χ0n) is 20.7. The van der Waals surface area contributed by atoms with Crippen molar-refractivity contribution < 1.29 is 28.8 Å². The van der Waals surface area contributed by atoms with E-state index >= 15 is 4.39 Å². The highest BCUT2D eigenvalue weighted by Gasteiger charge is 2.36. The van der Waals surface area contributed by atoms with Gasteiger partial charge in [-0.15, -0.1) is 0 Å². The van der Waals surface area contributed by atoms with Crippen LogP contribution in [0.3, 0.4) is 0 Å². The van der Waals surface area contributed by atoms with Gasteiger partial charge in [0.05, 0.1) is 36.2 Å². The maximum absolute atomic E-state index is 15.0. The van der Waals surface area contributed by atoms with Gasteiger partial charge in [-0.25, -0.2) is 19.3 Å². The van der Waals surface area contributed by atoms with Crippen molar-refractivity contribution in [3.63, 3.8) is 0 Å². The molecule has 0 aliphatic carbocycles. The van der Waals surface area contributed by atoms with Crippen molar-refractivity contribution in [3.8, 4) is 22.5 Å². The summed E-state index contributed by atoms with van der Waals surface area (Å²) >= 11 is 0. The van der Waals surface area contributed by atoms with Gasteiger partial charge in [-0.3, -0.25) is 9.20 Å². The van der Waals surface area contributed by atoms with Crippen LogP contribution in [0.2, 0.25) is 0 Å². The second-order valence-corrected chi connectivity index (χ2v) is 8.29. The van der Waals surface area contributed by atoms with Gasteiger partial charge >= 0.3 is 6.18 Å². The molecule has 5 rings (SSSR count). The number of imidazole rings is 1. The SMILES string of the molecule is [2H]C(C)(O)c1cnc2c(NC(=O)c3cc(-c4ncccn4)c(C(F)(F)F)cc3F)c(-c3ccccc3)ccn12. The van der Waals surface area contributed by atoms with Gasteiger partial charge < -0.3 is 10.4 Å². The Hall–Kier alpha value is -4.64. The highest BCUT2D eigenvalue weighted by atomic mass is 19.4. The molecule has 0 bridgehead atoms. The molecule has 5 aromatic rings. The molecule has 11 heteroatoms. The van der Waals surface area contributed by atoms with Gasteiger partial charge in [0.25, 0.3) is 5.91 Å². The van der Waals surface area contributed by atoms with Crippen molar-refractivity contribution in [3.05, 3.63) is 102 Å². The van der Waals surface area contributed by atoms with E-state index in [9.17, 15) is 23.1 Å². The summed E-state index contributed by atoms with van der Waals surface area (Å²) in [4.78, 5) is 25.3. The summed E-state index contributed by atoms with van der Waals surface area (Å²) in [6.07, 6.45) is -1.68. The summed E-state index contributed by atoms with van der Waals surface area (Å²) in [5, 5.41) is 12.8. The van der Waals surface area contributed by atoms with Gasteiger partial charge in [-0.05, 0) is 36.8 Å². The van der Waals surface area contributed by atoms with Crippen molar-refractivity contribution in [1.29, 1.82) is 0 Å². The van der Waals surface area contributed by atoms with Crippen LogP contribution in [0, 0.1) is 5.82 Å². The van der Waals surface area contributed by atoms with E-state index in [0.29, 0.717) is 11.1 Å². The average molecular weight is 522 g/mol. The molecule has 3 heterocycles. The number of halogens is 4. The van der Waals surface area contributed by atoms with E-state index in [1.165, 1.54) is 36.0 Å². The van der Waals surface area contributed by atoms with Gasteiger partial charge in [0.2, 0.25) is 0 Å². The molecule has 0 fully saturated rings. The van der Waals surface area contributed by atoms with Crippen LogP contribution in [0.1, 0.15) is 36.0 Å². The number of nitrogens with zero attached hydrogens (tertiary/aromatic N) is 4. The minimum absolute atomic E-state index is 0.0943. The van der Waals surface area contributed by atoms with Gasteiger partial charge in [0, 0.05) is 29.7 Å². The molecule has 0 saturated carbocycles. The summed E-state index contributed by atoms with van der Waals surface area (Å²) in [7, 11) is 0. The molecule has 1 unspecified atom stereocenters. The zero-order valence-corrected chi connectivity index (χ0v) is 19.7. The number of hydrogen-bond acceptors (Lipinski definition) is 5. The summed E-state index contributed by atoms with van der Waals surface area (Å²) in [5.74, 6) is -2.78. The molecule has 38 heavy (non-hydrogen) atoms. The fraction of sp³-hybridized carbons (Fsp3) is 0.111. The molecule has 0 aliphatic heterocycles. The lowest BCUT2D eigenvalue weighted by Gasteiger charge is -2.16. The molecule has 7 nitrogen and oxygen atoms in total. The standard InChI is InChI=1S/C27H19F4N5O2/c1-15(37)22-14-34-25-23(17(8-11-36(22)25)16-6-3-2-4-7-16)35-26(38)19-12-18(24-32-9-5-10-33-24)20(13-21(19)28)27(29,30)31/h2-15,37H,1H3,(H,35,38)/i15D. The first kappa shape index (κ1) is 23.7. The molecule has 0 radical (unpaired) electrons. The van der Waals surface area contributed by atoms with E-state index in [1.807, 2.05) is 0 Å². The Labute approximate surface area is 214 Å². The number of anilines is 1. The van der Waals surface area contributed by atoms with Crippen LogP contribution in [0.5, 0.6) is 0 Å². The van der Waals surface area contributed by atoms with Crippen molar-refractivity contribution in [1.82, 2.24) is 19.4 Å². The first-order valence-corrected chi connectivity index (χ1v) is 11.2. The van der Waals surface area contributed by atoms with Crippen molar-refractivity contribution in [2.24, 2.45) is 0 Å². The van der Waals surface area contributed by atoms with Crippen molar-refractivity contribution in [2.75, 3.05) is 5.32 Å². The fourth-order valence-corrected chi connectivity index (χ4v) is 4.08. The molecular weight excluding hydrogens is 502 g/mol. The maximum Gasteiger partial charge on any atom is 0.417 e. The van der Waals surface area contributed by atoms with Gasteiger partial charge in [-0.2, -0.15) is 13.2 Å². The lowest BCUT2D eigenvalue weighted by atomic mass is 10.0. The van der Waals surface area contributed by atoms with E-state index in [1.54, 1.807) is 42.6 Å². The van der Waals surface area contributed by atoms with E-state index in [0.717, 1.165) is 6.07 Å². The second kappa shape index (κ2) is 9.67. The maximum atomic E-state index is 15.0. The van der Waals surface area contributed by atoms with Gasteiger partial charge in [0.15, 0.2) is 11.5 Å². The van der Waals surface area contributed by atoms with Crippen LogP contribution in [-0.2, 0) is 6.18 Å². The number of rotatable bonds is 5. The number of aliphatic hydroxyl groups is 1. The summed E-state index contributed by atoms with van der Waals surface area (Å²) < 4.78 is 65.6. The molecule has 0 spiro atoms. The minimum Gasteiger partial charge on any atom is -0.387 e. The Bertz CT molecular complexity index is 1680. The predicted molar refractivity (Wildman–Crippen MR) is 132 cm³/mol. The van der Waals surface area contributed by atoms with Crippen LogP contribution in [-0.4, -0.2) is 30.4 Å². The zero-order chi connectivity index (χ0) is 27.9. The highest BCUT2D eigenvalue weighted by molar-refractivity contribution is 6.09. The summed E-state index contributed by atoms with van der Waals surface area (Å²) in [6.45, 7) is 1.24. The molecule has 1 atom stereocenters. The quantitative estimate of drug-likeness (QED) is 0.280. The number of carbonyl (C=O) groups excluding carboxylic acids is 1. The molecule has 2 N–H and O–H groups in total. The number of carbonyl (C=O) groups is 1. The lowest BCUT2D eigenvalue weighted by molar-refractivity contribution is -0.137. The molecule has 0 aliphatic rings. The monoisotopic (exact) mass is 522 g/mol. The molecule has 3 aromatic heterocycles. The minimum atomic E-state index is -4.93. The third kappa shape index (κ3) is 4.59. The van der Waals surface area contributed by atoms with Gasteiger partial charge in [0.1, 0.15) is 5.82 Å². The topological polar surface area (TPSA) is 92.4 Å². The first-order chi connectivity index (χ1) is 18.4. The number of benzene rings is 2. The molecule has 192 valence electrons. The molecule has 2 aromatic carbocycles. The Morgan fingerprint density at radius 2 is 1.76 bits per heavy atom. The Morgan fingerprint density at radius 1 is 1.05 bits per heavy atom. The largest absolute Gasteiger partial charge is 0.417 e. The highest BCUT2D eigenvalue weighted by Crippen LogP contribution is 2.38. The molecule has 1 amide bonds. The van der Waals surface area contributed by atoms with E-state index < -0.39 is 40.7 Å². The second-order valence-electron chi connectivity index (χ2n) is 8.29. The summed E-state index contributed by atoms with van der Waals surface area (Å²) in [6, 6.07) is 12.9. The van der Waals surface area contributed by atoms with E-state index in [-0.39, 0.29) is 28.9 Å². The Kier molecular flexibility index (Phi) is 6.04. The van der Waals surface area contributed by atoms with Crippen LogP contribution in [0.4, 0.5) is 23.2 Å². The van der Waals surface area contributed by atoms with Crippen LogP contribution in [0.25, 0.3) is 28.2 Å². The number of fused-ring (bicyclic) bond motifs is 1. The number of pyridine rings is 1. The van der Waals surface area contributed by atoms with Crippen LogP contribution >= 0.6 is 0 Å². The lowest BCUT2D eigenvalue weighted by Crippen LogP contribution is -2.18. The van der Waals surface area contributed by atoms with Crippen molar-refractivity contribution in [2.45, 2.75) is 19.2 Å². The third-order valence-electron chi connectivity index (χ3n) is 5.84. The number of nitrogens with one attached hydrogen (secondary N) is 1. The Balaban J connectivity index is 1.67. The average Bonchev–Trinajstić information content (AvgIpc) is 3.35. The number of aromatic nitrogens is 4. The predicted octanol–water partition coefficient (Wildman–Crippen LogP) is 5.92. The van der Waals surface area contributed by atoms with Crippen molar-refractivity contribution >= 4 is 17.2 Å². The van der Waals surface area contributed by atoms with Crippen LogP contribution in [0.15, 0.2) is 79.4 Å². The van der Waals surface area contributed by atoms with E-state index in [4.69, 9.17) is 1.37 Å². The smallest absolute Gasteiger partial charge is 0.387 e. The number of alkyl halides is 3. The van der Waals surface area contributed by atoms with E-state index in [2.05, 4.69) is 20.3 Å². The number of hydrogen-bond donors (Lipinski definition) is 2. The molecular formula is C27H19F4N5O2. The first-order valence-electron chi connectivity index (χ1n) is 11.7. The van der Waals surface area contributed by atoms with Gasteiger partial charge in [-0.1, -0.05) is 30.3 Å². The fourth-order valence-electron chi connectivity index (χ4n) is 4.08. The van der Waals surface area contributed by atoms with Crippen LogP contribution < -0.4 is 5.32 Å².